The Labute approximate surface area is 55.3 Å². The highest BCUT2D eigenvalue weighted by atomic mass is 14.0. The van der Waals surface area contributed by atoms with Crippen molar-refractivity contribution in [2.45, 2.75) is 49.0 Å². The van der Waals surface area contributed by atoms with Crippen LogP contribution in [-0.4, -0.2) is 0 Å². The average Bonchev–Trinajstić information content (AvgIpc) is 1.36. The molecule has 0 rings (SSSR count). The molecule has 0 heterocycles. The predicted octanol–water partition coefficient (Wildman–Crippen LogP) is 3.71. The second-order valence-electron chi connectivity index (χ2n) is 3.00. The highest BCUT2D eigenvalue weighted by Crippen LogP contribution is 2.07. The molecule has 0 heteroatoms. The van der Waals surface area contributed by atoms with E-state index in [0.717, 1.165) is 0 Å². The summed E-state index contributed by atoms with van der Waals surface area (Å²) in [4.78, 5) is 0. The molecule has 0 aliphatic rings. The number of hydrogen-bond donors (Lipinski definition) is 0. The monoisotopic (exact) mass is 118 g/mol. The van der Waals surface area contributed by atoms with Crippen LogP contribution in [0, 0.1) is 5.41 Å². The van der Waals surface area contributed by atoms with E-state index in [1.165, 1.54) is 0 Å². The van der Waals surface area contributed by atoms with Gasteiger partial charge in [0.15, 0.2) is 0 Å². The van der Waals surface area contributed by atoms with Crippen molar-refractivity contribution in [2.75, 3.05) is 0 Å². The summed E-state index contributed by atoms with van der Waals surface area (Å²) in [6.07, 6.45) is 0. The van der Waals surface area contributed by atoms with Crippen LogP contribution in [0.4, 0.5) is 0 Å². The molecule has 0 aromatic rings. The fourth-order valence-electron chi connectivity index (χ4n) is 0. The molecule has 0 bridgehead atoms. The van der Waals surface area contributed by atoms with E-state index in [1.807, 2.05) is 13.8 Å². The van der Waals surface area contributed by atoms with E-state index in [4.69, 9.17) is 0 Å². The summed E-state index contributed by atoms with van der Waals surface area (Å²) in [5.74, 6) is 0. The Balaban J connectivity index is -0.0000000750. The first-order valence-corrected chi connectivity index (χ1v) is 3.00. The van der Waals surface area contributed by atoms with Gasteiger partial charge in [0.2, 0.25) is 0 Å². The van der Waals surface area contributed by atoms with Crippen molar-refractivity contribution in [3.05, 3.63) is 0 Å². The molecule has 0 aliphatic carbocycles. The van der Waals surface area contributed by atoms with E-state index in [9.17, 15) is 0 Å². The predicted molar refractivity (Wildman–Crippen MR) is 43.2 cm³/mol. The molecular formula is C8H22. The van der Waals surface area contributed by atoms with E-state index in [-0.39, 0.29) is 7.43 Å². The number of hydrogen-bond acceptors (Lipinski definition) is 0. The van der Waals surface area contributed by atoms with Crippen LogP contribution in [0.25, 0.3) is 0 Å². The summed E-state index contributed by atoms with van der Waals surface area (Å²) in [5.41, 5.74) is 0.500. The lowest BCUT2D eigenvalue weighted by atomic mass is 10.0. The van der Waals surface area contributed by atoms with E-state index in [2.05, 4.69) is 27.7 Å². The molecule has 0 spiro atoms. The van der Waals surface area contributed by atoms with Crippen molar-refractivity contribution in [3.8, 4) is 0 Å². The van der Waals surface area contributed by atoms with Gasteiger partial charge < -0.3 is 0 Å². The third kappa shape index (κ3) is 0. The van der Waals surface area contributed by atoms with Gasteiger partial charge in [0.25, 0.3) is 0 Å². The molecule has 0 aliphatic heterocycles. The van der Waals surface area contributed by atoms with E-state index >= 15 is 0 Å². The maximum atomic E-state index is 2.19. The summed E-state index contributed by atoms with van der Waals surface area (Å²) in [7, 11) is 0. The van der Waals surface area contributed by atoms with Gasteiger partial charge in [0.05, 0.1) is 0 Å². The van der Waals surface area contributed by atoms with Crippen LogP contribution in [0.15, 0.2) is 0 Å². The van der Waals surface area contributed by atoms with Gasteiger partial charge in [-0.15, -0.1) is 0 Å². The molecule has 54 valence electrons. The first-order chi connectivity index (χ1) is 3.00. The SMILES string of the molecule is C.CC.CC(C)(C)C. The normalized spacial score (nSPS) is 8.25. The highest BCUT2D eigenvalue weighted by Gasteiger charge is 1.95. The lowest BCUT2D eigenvalue weighted by Crippen LogP contribution is -1.93. The smallest absolute Gasteiger partial charge is 0.0411 e. The molecular weight excluding hydrogens is 96.1 g/mol. The molecule has 0 saturated heterocycles. The number of rotatable bonds is 0. The second-order valence-corrected chi connectivity index (χ2v) is 3.00. The van der Waals surface area contributed by atoms with Crippen LogP contribution in [0.3, 0.4) is 0 Å². The molecule has 0 saturated carbocycles. The highest BCUT2D eigenvalue weighted by molar-refractivity contribution is 4.47. The van der Waals surface area contributed by atoms with Crippen LogP contribution in [-0.2, 0) is 0 Å². The van der Waals surface area contributed by atoms with Gasteiger partial charge in [-0.3, -0.25) is 0 Å². The zero-order chi connectivity index (χ0) is 6.50. The molecule has 0 aromatic carbocycles. The minimum absolute atomic E-state index is 0. The van der Waals surface area contributed by atoms with Crippen molar-refractivity contribution < 1.29 is 0 Å². The molecule has 8 heavy (non-hydrogen) atoms. The van der Waals surface area contributed by atoms with Crippen LogP contribution >= 0.6 is 0 Å². The third-order valence-corrected chi connectivity index (χ3v) is 0. The van der Waals surface area contributed by atoms with Crippen LogP contribution in [0.2, 0.25) is 0 Å². The van der Waals surface area contributed by atoms with Crippen LogP contribution < -0.4 is 0 Å². The molecule has 0 radical (unpaired) electrons. The van der Waals surface area contributed by atoms with E-state index in [0.29, 0.717) is 5.41 Å². The van der Waals surface area contributed by atoms with Crippen LogP contribution in [0.1, 0.15) is 49.0 Å². The standard InChI is InChI=1S/C5H12.C2H6.CH4/c1-5(2,3)4;1-2;/h1-4H3;1-2H3;1H4. The topological polar surface area (TPSA) is 0 Å². The maximum absolute atomic E-state index is 2.19. The summed E-state index contributed by atoms with van der Waals surface area (Å²) in [6.45, 7) is 12.8. The van der Waals surface area contributed by atoms with Gasteiger partial charge in [0, 0.05) is 0 Å². The zero-order valence-corrected chi connectivity index (χ0v) is 6.50. The van der Waals surface area contributed by atoms with E-state index < -0.39 is 0 Å². The molecule has 0 fully saturated rings. The lowest BCUT2D eigenvalue weighted by molar-refractivity contribution is 0.469. The minimum Gasteiger partial charge on any atom is -0.0776 e. The molecule has 0 aromatic heterocycles. The molecule has 0 amide bonds. The fraction of sp³-hybridized carbons (Fsp3) is 1.00. The minimum atomic E-state index is 0. The lowest BCUT2D eigenvalue weighted by Gasteiger charge is -2.05. The van der Waals surface area contributed by atoms with Gasteiger partial charge in [-0.2, -0.15) is 0 Å². The Kier molecular flexibility index (Phi) is 13.7. The average molecular weight is 118 g/mol. The Bertz CT molecular complexity index is 15.5. The van der Waals surface area contributed by atoms with E-state index in [1.54, 1.807) is 0 Å². The summed E-state index contributed by atoms with van der Waals surface area (Å²) >= 11 is 0. The largest absolute Gasteiger partial charge is 0.0776 e. The molecule has 0 nitrogen and oxygen atoms in total. The Morgan fingerprint density at radius 1 is 0.750 bits per heavy atom. The van der Waals surface area contributed by atoms with Gasteiger partial charge in [0.1, 0.15) is 0 Å². The van der Waals surface area contributed by atoms with Crippen molar-refractivity contribution in [1.29, 1.82) is 0 Å². The summed E-state index contributed by atoms with van der Waals surface area (Å²) < 4.78 is 0. The quantitative estimate of drug-likeness (QED) is 0.455. The van der Waals surface area contributed by atoms with Crippen molar-refractivity contribution in [3.63, 3.8) is 0 Å². The first kappa shape index (κ1) is 15.7. The van der Waals surface area contributed by atoms with Gasteiger partial charge in [-0.1, -0.05) is 49.0 Å². The molecule has 0 atom stereocenters. The van der Waals surface area contributed by atoms with Crippen LogP contribution in [0.5, 0.6) is 0 Å². The van der Waals surface area contributed by atoms with Crippen molar-refractivity contribution >= 4 is 0 Å². The van der Waals surface area contributed by atoms with Gasteiger partial charge in [-0.25, -0.2) is 0 Å². The fourth-order valence-corrected chi connectivity index (χ4v) is 0. The van der Waals surface area contributed by atoms with Crippen molar-refractivity contribution in [1.82, 2.24) is 0 Å². The molecule has 0 N–H and O–H groups in total. The first-order valence-electron chi connectivity index (χ1n) is 3.00. The maximum Gasteiger partial charge on any atom is -0.0411 e. The molecule has 0 unspecified atom stereocenters. The van der Waals surface area contributed by atoms with Gasteiger partial charge >= 0.3 is 0 Å². The van der Waals surface area contributed by atoms with Gasteiger partial charge in [-0.05, 0) is 5.41 Å². The summed E-state index contributed by atoms with van der Waals surface area (Å²) in [5, 5.41) is 0. The summed E-state index contributed by atoms with van der Waals surface area (Å²) in [6, 6.07) is 0. The Hall–Kier alpha value is 0. The third-order valence-electron chi connectivity index (χ3n) is 0. The Morgan fingerprint density at radius 2 is 0.750 bits per heavy atom. The Morgan fingerprint density at radius 3 is 0.750 bits per heavy atom. The van der Waals surface area contributed by atoms with Crippen molar-refractivity contribution in [2.24, 2.45) is 5.41 Å². The second kappa shape index (κ2) is 7.00. The zero-order valence-electron chi connectivity index (χ0n) is 6.50.